The molecule has 3 aromatic rings. The lowest BCUT2D eigenvalue weighted by atomic mass is 10.1. The summed E-state index contributed by atoms with van der Waals surface area (Å²) in [4.78, 5) is 29.8. The molecular formula is C27H31FN2O4. The van der Waals surface area contributed by atoms with Crippen molar-refractivity contribution in [2.45, 2.75) is 33.4 Å². The molecule has 0 aliphatic carbocycles. The molecule has 6 nitrogen and oxygen atoms in total. The molecule has 1 aromatic heterocycles. The summed E-state index contributed by atoms with van der Waals surface area (Å²) in [6, 6.07) is 16.9. The van der Waals surface area contributed by atoms with Crippen LogP contribution >= 0.6 is 0 Å². The maximum absolute atomic E-state index is 13.4. The first-order valence-electron chi connectivity index (χ1n) is 11.4. The Balaban J connectivity index is 1.77. The number of hydrogen-bond donors (Lipinski definition) is 0. The van der Waals surface area contributed by atoms with Crippen molar-refractivity contribution < 1.29 is 23.1 Å². The van der Waals surface area contributed by atoms with E-state index in [-0.39, 0.29) is 37.3 Å². The number of halogens is 1. The van der Waals surface area contributed by atoms with Gasteiger partial charge in [-0.1, -0.05) is 29.8 Å². The third-order valence-corrected chi connectivity index (χ3v) is 5.40. The largest absolute Gasteiger partial charge is 0.467 e. The summed E-state index contributed by atoms with van der Waals surface area (Å²) in [6.07, 6.45) is 2.17. The van der Waals surface area contributed by atoms with Gasteiger partial charge in [0.25, 0.3) is 5.91 Å². The van der Waals surface area contributed by atoms with Crippen LogP contribution in [0.15, 0.2) is 71.3 Å². The minimum absolute atomic E-state index is 0.0826. The van der Waals surface area contributed by atoms with Gasteiger partial charge in [0.05, 0.1) is 12.8 Å². The number of hydrogen-bond acceptors (Lipinski definition) is 4. The summed E-state index contributed by atoms with van der Waals surface area (Å²) < 4.78 is 24.2. The van der Waals surface area contributed by atoms with E-state index in [1.54, 1.807) is 52.5 Å². The fourth-order valence-electron chi connectivity index (χ4n) is 3.53. The van der Waals surface area contributed by atoms with Crippen molar-refractivity contribution in [1.29, 1.82) is 0 Å². The summed E-state index contributed by atoms with van der Waals surface area (Å²) in [5, 5.41) is 0. The number of amides is 2. The fourth-order valence-corrected chi connectivity index (χ4v) is 3.53. The first-order valence-corrected chi connectivity index (χ1v) is 11.4. The highest BCUT2D eigenvalue weighted by molar-refractivity contribution is 5.96. The second kappa shape index (κ2) is 12.7. The Morgan fingerprint density at radius 3 is 2.35 bits per heavy atom. The molecule has 7 heteroatoms. The molecule has 0 radical (unpaired) electrons. The molecule has 0 saturated heterocycles. The van der Waals surface area contributed by atoms with Crippen molar-refractivity contribution in [1.82, 2.24) is 9.80 Å². The number of furan rings is 1. The second-order valence-corrected chi connectivity index (χ2v) is 8.10. The number of carbonyl (C=O) groups excluding carboxylic acids is 2. The summed E-state index contributed by atoms with van der Waals surface area (Å²) >= 11 is 0. The lowest BCUT2D eigenvalue weighted by Gasteiger charge is -2.27. The predicted molar refractivity (Wildman–Crippen MR) is 128 cm³/mol. The number of ether oxygens (including phenoxy) is 1. The minimum atomic E-state index is -0.336. The van der Waals surface area contributed by atoms with Crippen molar-refractivity contribution in [3.63, 3.8) is 0 Å². The van der Waals surface area contributed by atoms with Gasteiger partial charge in [0.15, 0.2) is 0 Å². The average molecular weight is 467 g/mol. The normalized spacial score (nSPS) is 10.8. The van der Waals surface area contributed by atoms with Gasteiger partial charge in [0, 0.05) is 31.9 Å². The van der Waals surface area contributed by atoms with Gasteiger partial charge in [-0.25, -0.2) is 4.39 Å². The smallest absolute Gasteiger partial charge is 0.254 e. The van der Waals surface area contributed by atoms with E-state index >= 15 is 0 Å². The predicted octanol–water partition coefficient (Wildman–Crippen LogP) is 4.82. The zero-order valence-electron chi connectivity index (χ0n) is 19.7. The van der Waals surface area contributed by atoms with Crippen molar-refractivity contribution in [3.05, 3.63) is 95.2 Å². The number of benzene rings is 2. The molecule has 0 aliphatic rings. The highest BCUT2D eigenvalue weighted by Crippen LogP contribution is 2.14. The Morgan fingerprint density at radius 2 is 1.71 bits per heavy atom. The second-order valence-electron chi connectivity index (χ2n) is 8.10. The van der Waals surface area contributed by atoms with E-state index in [9.17, 15) is 14.0 Å². The van der Waals surface area contributed by atoms with E-state index < -0.39 is 0 Å². The highest BCUT2D eigenvalue weighted by atomic mass is 19.1. The quantitative estimate of drug-likeness (QED) is 0.359. The molecule has 0 spiro atoms. The van der Waals surface area contributed by atoms with Crippen LogP contribution in [0.5, 0.6) is 0 Å². The van der Waals surface area contributed by atoms with Crippen LogP contribution in [-0.4, -0.2) is 47.9 Å². The van der Waals surface area contributed by atoms with Gasteiger partial charge in [0.2, 0.25) is 5.91 Å². The van der Waals surface area contributed by atoms with Crippen LogP contribution in [0, 0.1) is 12.7 Å². The van der Waals surface area contributed by atoms with Crippen molar-refractivity contribution in [2.75, 3.05) is 26.3 Å². The van der Waals surface area contributed by atoms with Crippen LogP contribution in [0.25, 0.3) is 0 Å². The molecule has 0 N–H and O–H groups in total. The summed E-state index contributed by atoms with van der Waals surface area (Å²) in [5.74, 6) is -0.137. The van der Waals surface area contributed by atoms with E-state index in [0.29, 0.717) is 37.5 Å². The number of carbonyl (C=O) groups is 2. The molecule has 1 heterocycles. The lowest BCUT2D eigenvalue weighted by Crippen LogP contribution is -2.43. The first kappa shape index (κ1) is 25.2. The molecule has 2 amide bonds. The Kier molecular flexibility index (Phi) is 9.40. The number of nitrogens with zero attached hydrogens (tertiary/aromatic N) is 2. The highest BCUT2D eigenvalue weighted by Gasteiger charge is 2.23. The molecule has 34 heavy (non-hydrogen) atoms. The topological polar surface area (TPSA) is 63.0 Å². The standard InChI is InChI=1S/C27H31FN2O4/c1-3-33-16-5-15-29(27(32)23-11-7-21(2)8-12-23)20-26(31)30(19-25-6-4-17-34-25)18-22-9-13-24(28)14-10-22/h4,6-14,17H,3,5,15-16,18-20H2,1-2H3. The maximum Gasteiger partial charge on any atom is 0.254 e. The molecule has 0 saturated carbocycles. The Labute approximate surface area is 199 Å². The Bertz CT molecular complexity index is 1030. The molecule has 3 rings (SSSR count). The van der Waals surface area contributed by atoms with Gasteiger partial charge in [0.1, 0.15) is 18.1 Å². The summed E-state index contributed by atoms with van der Waals surface area (Å²) in [6.45, 7) is 5.80. The van der Waals surface area contributed by atoms with Crippen molar-refractivity contribution in [2.24, 2.45) is 0 Å². The fraction of sp³-hybridized carbons (Fsp3) is 0.333. The molecule has 0 fully saturated rings. The van der Waals surface area contributed by atoms with Crippen molar-refractivity contribution in [3.8, 4) is 0 Å². The van der Waals surface area contributed by atoms with E-state index in [1.165, 1.54) is 12.1 Å². The van der Waals surface area contributed by atoms with Gasteiger partial charge in [-0.15, -0.1) is 0 Å². The zero-order valence-corrected chi connectivity index (χ0v) is 19.7. The van der Waals surface area contributed by atoms with Gasteiger partial charge >= 0.3 is 0 Å². The molecule has 0 unspecified atom stereocenters. The van der Waals surface area contributed by atoms with Gasteiger partial charge in [-0.3, -0.25) is 9.59 Å². The molecule has 180 valence electrons. The molecule has 0 bridgehead atoms. The van der Waals surface area contributed by atoms with E-state index in [4.69, 9.17) is 9.15 Å². The Morgan fingerprint density at radius 1 is 0.971 bits per heavy atom. The minimum Gasteiger partial charge on any atom is -0.467 e. The lowest BCUT2D eigenvalue weighted by molar-refractivity contribution is -0.133. The van der Waals surface area contributed by atoms with Gasteiger partial charge < -0.3 is 19.0 Å². The van der Waals surface area contributed by atoms with Crippen LogP contribution < -0.4 is 0 Å². The molecular weight excluding hydrogens is 435 g/mol. The average Bonchev–Trinajstić information content (AvgIpc) is 3.35. The third kappa shape index (κ3) is 7.56. The van der Waals surface area contributed by atoms with Crippen LogP contribution in [0.4, 0.5) is 4.39 Å². The first-order chi connectivity index (χ1) is 16.5. The van der Waals surface area contributed by atoms with Gasteiger partial charge in [-0.05, 0) is 62.2 Å². The van der Waals surface area contributed by atoms with Crippen molar-refractivity contribution >= 4 is 11.8 Å². The Hall–Kier alpha value is -3.45. The van der Waals surface area contributed by atoms with Crippen LogP contribution in [0.2, 0.25) is 0 Å². The van der Waals surface area contributed by atoms with Gasteiger partial charge in [-0.2, -0.15) is 0 Å². The van der Waals surface area contributed by atoms with E-state index in [0.717, 1.165) is 11.1 Å². The molecule has 0 aliphatic heterocycles. The van der Waals surface area contributed by atoms with E-state index in [2.05, 4.69) is 0 Å². The number of rotatable bonds is 12. The number of aryl methyl sites for hydroxylation is 1. The SMILES string of the molecule is CCOCCCN(CC(=O)N(Cc1ccc(F)cc1)Cc1ccco1)C(=O)c1ccc(C)cc1. The monoisotopic (exact) mass is 466 g/mol. The maximum atomic E-state index is 13.4. The molecule has 0 atom stereocenters. The van der Waals surface area contributed by atoms with Crippen LogP contribution in [0.1, 0.15) is 40.6 Å². The van der Waals surface area contributed by atoms with Crippen LogP contribution in [-0.2, 0) is 22.6 Å². The zero-order chi connectivity index (χ0) is 24.3. The third-order valence-electron chi connectivity index (χ3n) is 5.40. The van der Waals surface area contributed by atoms with E-state index in [1.807, 2.05) is 26.0 Å². The molecule has 2 aromatic carbocycles. The summed E-state index contributed by atoms with van der Waals surface area (Å²) in [5.41, 5.74) is 2.37. The van der Waals surface area contributed by atoms with Crippen LogP contribution in [0.3, 0.4) is 0 Å². The summed E-state index contributed by atoms with van der Waals surface area (Å²) in [7, 11) is 0.